The third-order valence-electron chi connectivity index (χ3n) is 3.85. The molecule has 0 bridgehead atoms. The second-order valence-electron chi connectivity index (χ2n) is 5.59. The van der Waals surface area contributed by atoms with Gasteiger partial charge in [-0.25, -0.2) is 4.68 Å². The summed E-state index contributed by atoms with van der Waals surface area (Å²) in [6, 6.07) is 6.91. The number of hydrogen-bond acceptors (Lipinski definition) is 5. The smallest absolute Gasteiger partial charge is 0.335 e. The Morgan fingerprint density at radius 1 is 1.19 bits per heavy atom. The predicted octanol–water partition coefficient (Wildman–Crippen LogP) is 3.91. The standard InChI is InChI=1S/C17H13F3N6/c1-10-11(2)24-25-16(15(10)7-21)23-13-8-22-26(9-13)14-5-3-4-12(6-14)17(18,19)20/h3-6,8-9H,1-2H3,(H,23,25). The van der Waals surface area contributed by atoms with Crippen LogP contribution in [0.5, 0.6) is 0 Å². The van der Waals surface area contributed by atoms with Crippen LogP contribution in [0.25, 0.3) is 5.69 Å². The highest BCUT2D eigenvalue weighted by molar-refractivity contribution is 5.63. The summed E-state index contributed by atoms with van der Waals surface area (Å²) in [6.07, 6.45) is -1.49. The van der Waals surface area contributed by atoms with Crippen LogP contribution in [-0.2, 0) is 6.18 Å². The van der Waals surface area contributed by atoms with E-state index in [-0.39, 0.29) is 11.5 Å². The number of nitrogens with zero attached hydrogens (tertiary/aromatic N) is 5. The Balaban J connectivity index is 1.91. The SMILES string of the molecule is Cc1nnc(Nc2cnn(-c3cccc(C(F)(F)F)c3)c2)c(C#N)c1C. The molecule has 0 radical (unpaired) electrons. The third-order valence-corrected chi connectivity index (χ3v) is 3.85. The largest absolute Gasteiger partial charge is 0.416 e. The summed E-state index contributed by atoms with van der Waals surface area (Å²) in [6.45, 7) is 3.51. The number of hydrogen-bond donors (Lipinski definition) is 1. The number of aromatic nitrogens is 4. The average Bonchev–Trinajstić information content (AvgIpc) is 3.06. The van der Waals surface area contributed by atoms with E-state index in [4.69, 9.17) is 0 Å². The van der Waals surface area contributed by atoms with Gasteiger partial charge >= 0.3 is 6.18 Å². The third kappa shape index (κ3) is 3.35. The lowest BCUT2D eigenvalue weighted by Gasteiger charge is -2.09. The lowest BCUT2D eigenvalue weighted by atomic mass is 10.1. The van der Waals surface area contributed by atoms with Crippen LogP contribution in [0.2, 0.25) is 0 Å². The topological polar surface area (TPSA) is 79.4 Å². The Hall–Kier alpha value is -3.41. The zero-order chi connectivity index (χ0) is 18.9. The second-order valence-corrected chi connectivity index (χ2v) is 5.59. The number of nitrogens with one attached hydrogen (secondary N) is 1. The monoisotopic (exact) mass is 358 g/mol. The van der Waals surface area contributed by atoms with Crippen LogP contribution < -0.4 is 5.32 Å². The Labute approximate surface area is 146 Å². The van der Waals surface area contributed by atoms with Crippen molar-refractivity contribution in [2.24, 2.45) is 0 Å². The van der Waals surface area contributed by atoms with E-state index in [1.165, 1.54) is 29.2 Å². The van der Waals surface area contributed by atoms with Crippen molar-refractivity contribution >= 4 is 11.5 Å². The van der Waals surface area contributed by atoms with E-state index in [0.29, 0.717) is 22.5 Å². The van der Waals surface area contributed by atoms with E-state index >= 15 is 0 Å². The van der Waals surface area contributed by atoms with Crippen LogP contribution in [-0.4, -0.2) is 20.0 Å². The van der Waals surface area contributed by atoms with Crippen molar-refractivity contribution in [2.45, 2.75) is 20.0 Å². The van der Waals surface area contributed by atoms with Crippen LogP contribution in [0, 0.1) is 25.2 Å². The fraction of sp³-hybridized carbons (Fsp3) is 0.176. The fourth-order valence-electron chi connectivity index (χ4n) is 2.32. The molecular formula is C17H13F3N6. The van der Waals surface area contributed by atoms with Gasteiger partial charge < -0.3 is 5.32 Å². The van der Waals surface area contributed by atoms with Gasteiger partial charge in [0.15, 0.2) is 5.82 Å². The molecule has 0 amide bonds. The molecule has 132 valence electrons. The number of aryl methyl sites for hydroxylation is 1. The van der Waals surface area contributed by atoms with Crippen molar-refractivity contribution in [1.82, 2.24) is 20.0 Å². The summed E-state index contributed by atoms with van der Waals surface area (Å²) in [5.41, 5.74) is 1.68. The summed E-state index contributed by atoms with van der Waals surface area (Å²) in [7, 11) is 0. The Morgan fingerprint density at radius 2 is 1.96 bits per heavy atom. The first-order chi connectivity index (χ1) is 12.3. The van der Waals surface area contributed by atoms with E-state index in [9.17, 15) is 18.4 Å². The van der Waals surface area contributed by atoms with Crippen molar-refractivity contribution in [1.29, 1.82) is 5.26 Å². The van der Waals surface area contributed by atoms with Crippen LogP contribution in [0.4, 0.5) is 24.7 Å². The molecule has 0 spiro atoms. The maximum absolute atomic E-state index is 12.8. The Bertz CT molecular complexity index is 1000. The number of anilines is 2. The first-order valence-corrected chi connectivity index (χ1v) is 7.53. The van der Waals surface area contributed by atoms with Crippen molar-refractivity contribution in [3.63, 3.8) is 0 Å². The minimum atomic E-state index is -4.43. The molecule has 6 nitrogen and oxygen atoms in total. The molecule has 1 N–H and O–H groups in total. The van der Waals surface area contributed by atoms with Gasteiger partial charge in [0.05, 0.1) is 35.0 Å². The van der Waals surface area contributed by atoms with Gasteiger partial charge in [0.25, 0.3) is 0 Å². The second kappa shape index (κ2) is 6.48. The van der Waals surface area contributed by atoms with Crippen molar-refractivity contribution in [2.75, 3.05) is 5.32 Å². The average molecular weight is 358 g/mol. The molecule has 0 atom stereocenters. The van der Waals surface area contributed by atoms with Crippen LogP contribution >= 0.6 is 0 Å². The summed E-state index contributed by atoms with van der Waals surface area (Å²) < 4.78 is 39.8. The number of alkyl halides is 3. The minimum Gasteiger partial charge on any atom is -0.335 e. The first kappa shape index (κ1) is 17.4. The number of rotatable bonds is 3. The van der Waals surface area contributed by atoms with Gasteiger partial charge in [-0.1, -0.05) is 6.07 Å². The highest BCUT2D eigenvalue weighted by Crippen LogP contribution is 2.30. The molecular weight excluding hydrogens is 345 g/mol. The summed E-state index contributed by atoms with van der Waals surface area (Å²) in [5.74, 6) is 0.263. The Morgan fingerprint density at radius 3 is 2.65 bits per heavy atom. The maximum Gasteiger partial charge on any atom is 0.416 e. The van der Waals surface area contributed by atoms with Gasteiger partial charge in [0.2, 0.25) is 0 Å². The molecule has 0 aliphatic rings. The van der Waals surface area contributed by atoms with Gasteiger partial charge in [-0.3, -0.25) is 0 Å². The molecule has 3 aromatic rings. The summed E-state index contributed by atoms with van der Waals surface area (Å²) in [4.78, 5) is 0. The zero-order valence-electron chi connectivity index (χ0n) is 13.8. The molecule has 2 heterocycles. The molecule has 0 fully saturated rings. The van der Waals surface area contributed by atoms with Gasteiger partial charge in [0.1, 0.15) is 11.6 Å². The van der Waals surface area contributed by atoms with Crippen LogP contribution in [0.15, 0.2) is 36.7 Å². The molecule has 1 aromatic carbocycles. The molecule has 0 aliphatic carbocycles. The Kier molecular flexibility index (Phi) is 4.34. The molecule has 0 unspecified atom stereocenters. The summed E-state index contributed by atoms with van der Waals surface area (Å²) >= 11 is 0. The van der Waals surface area contributed by atoms with E-state index in [1.807, 2.05) is 0 Å². The molecule has 0 saturated heterocycles. The minimum absolute atomic E-state index is 0.263. The van der Waals surface area contributed by atoms with E-state index in [1.54, 1.807) is 13.8 Å². The molecule has 0 saturated carbocycles. The summed E-state index contributed by atoms with van der Waals surface area (Å²) in [5, 5.41) is 24.2. The number of benzene rings is 1. The quantitative estimate of drug-likeness (QED) is 0.768. The van der Waals surface area contributed by atoms with Crippen LogP contribution in [0.1, 0.15) is 22.4 Å². The van der Waals surface area contributed by atoms with E-state index < -0.39 is 11.7 Å². The highest BCUT2D eigenvalue weighted by Gasteiger charge is 2.30. The van der Waals surface area contributed by atoms with Crippen LogP contribution in [0.3, 0.4) is 0 Å². The lowest BCUT2D eigenvalue weighted by molar-refractivity contribution is -0.137. The first-order valence-electron chi connectivity index (χ1n) is 7.53. The zero-order valence-corrected chi connectivity index (χ0v) is 13.8. The van der Waals surface area contributed by atoms with E-state index in [0.717, 1.165) is 12.1 Å². The highest BCUT2D eigenvalue weighted by atomic mass is 19.4. The van der Waals surface area contributed by atoms with Gasteiger partial charge in [-0.2, -0.15) is 28.6 Å². The van der Waals surface area contributed by atoms with Gasteiger partial charge in [-0.15, -0.1) is 5.10 Å². The predicted molar refractivity (Wildman–Crippen MR) is 88.1 cm³/mol. The number of halogens is 3. The van der Waals surface area contributed by atoms with Crippen molar-refractivity contribution < 1.29 is 13.2 Å². The van der Waals surface area contributed by atoms with Crippen molar-refractivity contribution in [3.05, 3.63) is 59.0 Å². The van der Waals surface area contributed by atoms with Gasteiger partial charge in [0, 0.05) is 0 Å². The van der Waals surface area contributed by atoms with Gasteiger partial charge in [-0.05, 0) is 37.6 Å². The van der Waals surface area contributed by atoms with Crippen molar-refractivity contribution in [3.8, 4) is 11.8 Å². The molecule has 9 heteroatoms. The number of nitriles is 1. The maximum atomic E-state index is 12.8. The fourth-order valence-corrected chi connectivity index (χ4v) is 2.32. The normalized spacial score (nSPS) is 11.2. The molecule has 26 heavy (non-hydrogen) atoms. The molecule has 2 aromatic heterocycles. The lowest BCUT2D eigenvalue weighted by Crippen LogP contribution is -2.06. The molecule has 3 rings (SSSR count). The molecule has 0 aliphatic heterocycles. The van der Waals surface area contributed by atoms with E-state index in [2.05, 4.69) is 26.7 Å².